The van der Waals surface area contributed by atoms with Crippen molar-refractivity contribution in [3.63, 3.8) is 0 Å². The van der Waals surface area contributed by atoms with E-state index in [0.717, 1.165) is 22.6 Å². The maximum Gasteiger partial charge on any atom is 0.132 e. The van der Waals surface area contributed by atoms with E-state index >= 15 is 0 Å². The van der Waals surface area contributed by atoms with Crippen LogP contribution in [0.2, 0.25) is 0 Å². The van der Waals surface area contributed by atoms with Crippen LogP contribution in [0, 0.1) is 6.92 Å². The fourth-order valence-electron chi connectivity index (χ4n) is 1.79. The Morgan fingerprint density at radius 1 is 1.39 bits per heavy atom. The number of nitrogens with zero attached hydrogens (tertiary/aromatic N) is 2. The van der Waals surface area contributed by atoms with Gasteiger partial charge in [0, 0.05) is 13.2 Å². The molecular weight excluding hydrogens is 228 g/mol. The number of aryl methyl sites for hydroxylation is 2. The van der Waals surface area contributed by atoms with Crippen molar-refractivity contribution in [1.82, 2.24) is 9.78 Å². The second-order valence-electron chi connectivity index (χ2n) is 4.47. The molecule has 0 aliphatic rings. The van der Waals surface area contributed by atoms with Gasteiger partial charge in [0.25, 0.3) is 0 Å². The molecule has 0 fully saturated rings. The van der Waals surface area contributed by atoms with Crippen LogP contribution in [0.3, 0.4) is 0 Å². The third kappa shape index (κ3) is 2.90. The van der Waals surface area contributed by atoms with E-state index in [1.807, 2.05) is 44.4 Å². The van der Waals surface area contributed by atoms with E-state index in [2.05, 4.69) is 5.10 Å². The summed E-state index contributed by atoms with van der Waals surface area (Å²) in [5.74, 6) is 0.824. The molecule has 96 valence electrons. The first-order chi connectivity index (χ1) is 8.56. The summed E-state index contributed by atoms with van der Waals surface area (Å²) in [4.78, 5) is 0. The molecule has 1 atom stereocenters. The van der Waals surface area contributed by atoms with Gasteiger partial charge >= 0.3 is 0 Å². The summed E-state index contributed by atoms with van der Waals surface area (Å²) in [6, 6.07) is 7.64. The molecule has 4 nitrogen and oxygen atoms in total. The van der Waals surface area contributed by atoms with Gasteiger partial charge < -0.3 is 9.84 Å². The Kier molecular flexibility index (Phi) is 3.67. The second kappa shape index (κ2) is 5.23. The van der Waals surface area contributed by atoms with Crippen LogP contribution in [-0.4, -0.2) is 14.9 Å². The van der Waals surface area contributed by atoms with Crippen molar-refractivity contribution < 1.29 is 9.84 Å². The molecular formula is C14H18N2O2. The molecule has 1 N–H and O–H groups in total. The van der Waals surface area contributed by atoms with Crippen LogP contribution in [0.1, 0.15) is 29.8 Å². The maximum atomic E-state index is 9.50. The number of aliphatic hydroxyl groups is 1. The molecule has 1 aromatic heterocycles. The summed E-state index contributed by atoms with van der Waals surface area (Å²) < 4.78 is 7.47. The first kappa shape index (κ1) is 12.6. The van der Waals surface area contributed by atoms with Crippen molar-refractivity contribution in [3.05, 3.63) is 47.3 Å². The van der Waals surface area contributed by atoms with Crippen molar-refractivity contribution in [1.29, 1.82) is 0 Å². The first-order valence-corrected chi connectivity index (χ1v) is 5.96. The molecule has 0 amide bonds. The Hall–Kier alpha value is -1.81. The third-order valence-electron chi connectivity index (χ3n) is 2.83. The minimum absolute atomic E-state index is 0.450. The van der Waals surface area contributed by atoms with Gasteiger partial charge in [0.15, 0.2) is 0 Å². The zero-order valence-electron chi connectivity index (χ0n) is 10.9. The fourth-order valence-corrected chi connectivity index (χ4v) is 1.79. The molecule has 1 aromatic carbocycles. The van der Waals surface area contributed by atoms with E-state index < -0.39 is 6.10 Å². The van der Waals surface area contributed by atoms with Crippen molar-refractivity contribution >= 4 is 0 Å². The number of rotatable bonds is 4. The third-order valence-corrected chi connectivity index (χ3v) is 2.83. The number of aliphatic hydroxyl groups excluding tert-OH is 1. The van der Waals surface area contributed by atoms with Crippen LogP contribution in [-0.2, 0) is 13.7 Å². The van der Waals surface area contributed by atoms with Crippen LogP contribution in [0.15, 0.2) is 30.5 Å². The molecule has 1 heterocycles. The highest BCUT2D eigenvalue weighted by molar-refractivity contribution is 5.37. The predicted molar refractivity (Wildman–Crippen MR) is 69.4 cm³/mol. The predicted octanol–water partition coefficient (Wildman–Crippen LogP) is 2.36. The quantitative estimate of drug-likeness (QED) is 0.900. The van der Waals surface area contributed by atoms with Crippen LogP contribution in [0.25, 0.3) is 0 Å². The lowest BCUT2D eigenvalue weighted by Crippen LogP contribution is -2.00. The Labute approximate surface area is 107 Å². The first-order valence-electron chi connectivity index (χ1n) is 5.96. The van der Waals surface area contributed by atoms with Gasteiger partial charge in [-0.1, -0.05) is 6.07 Å². The van der Waals surface area contributed by atoms with Gasteiger partial charge in [-0.05, 0) is 43.2 Å². The molecule has 2 rings (SSSR count). The molecule has 0 aliphatic heterocycles. The molecule has 0 bridgehead atoms. The van der Waals surface area contributed by atoms with Crippen molar-refractivity contribution in [3.8, 4) is 5.75 Å². The topological polar surface area (TPSA) is 47.3 Å². The van der Waals surface area contributed by atoms with Crippen LogP contribution in [0.4, 0.5) is 0 Å². The summed E-state index contributed by atoms with van der Waals surface area (Å²) in [5, 5.41) is 13.7. The standard InChI is InChI=1S/C14H18N2O2/c1-10-8-12(11(2)17)4-5-14(10)18-9-13-6-7-16(3)15-13/h4-8,11,17H,9H2,1-3H3/t11-/m1/s1. The van der Waals surface area contributed by atoms with E-state index in [-0.39, 0.29) is 0 Å². The number of aromatic nitrogens is 2. The summed E-state index contributed by atoms with van der Waals surface area (Å²) >= 11 is 0. The largest absolute Gasteiger partial charge is 0.487 e. The highest BCUT2D eigenvalue weighted by atomic mass is 16.5. The smallest absolute Gasteiger partial charge is 0.132 e. The average molecular weight is 246 g/mol. The minimum Gasteiger partial charge on any atom is -0.487 e. The monoisotopic (exact) mass is 246 g/mol. The van der Waals surface area contributed by atoms with Crippen LogP contribution in [0.5, 0.6) is 5.75 Å². The summed E-state index contributed by atoms with van der Waals surface area (Å²) in [6.07, 6.45) is 1.44. The van der Waals surface area contributed by atoms with E-state index in [1.54, 1.807) is 11.6 Å². The molecule has 4 heteroatoms. The zero-order valence-corrected chi connectivity index (χ0v) is 10.9. The van der Waals surface area contributed by atoms with E-state index in [0.29, 0.717) is 6.61 Å². The van der Waals surface area contributed by atoms with Gasteiger partial charge in [-0.3, -0.25) is 4.68 Å². The highest BCUT2D eigenvalue weighted by Crippen LogP contribution is 2.23. The molecule has 0 unspecified atom stereocenters. The van der Waals surface area contributed by atoms with Crippen molar-refractivity contribution in [2.45, 2.75) is 26.6 Å². The Morgan fingerprint density at radius 2 is 2.17 bits per heavy atom. The molecule has 0 aliphatic carbocycles. The van der Waals surface area contributed by atoms with Gasteiger partial charge in [0.1, 0.15) is 12.4 Å². The molecule has 0 radical (unpaired) electrons. The van der Waals surface area contributed by atoms with E-state index in [4.69, 9.17) is 4.74 Å². The van der Waals surface area contributed by atoms with Gasteiger partial charge in [0.2, 0.25) is 0 Å². The Balaban J connectivity index is 2.05. The van der Waals surface area contributed by atoms with Crippen molar-refractivity contribution in [2.75, 3.05) is 0 Å². The van der Waals surface area contributed by atoms with E-state index in [1.165, 1.54) is 0 Å². The molecule has 0 spiro atoms. The molecule has 0 saturated heterocycles. The summed E-state index contributed by atoms with van der Waals surface area (Å²) in [7, 11) is 1.88. The number of ether oxygens (including phenoxy) is 1. The Morgan fingerprint density at radius 3 is 2.72 bits per heavy atom. The minimum atomic E-state index is -0.450. The van der Waals surface area contributed by atoms with Gasteiger partial charge in [-0.15, -0.1) is 0 Å². The van der Waals surface area contributed by atoms with Gasteiger partial charge in [-0.25, -0.2) is 0 Å². The number of hydrogen-bond acceptors (Lipinski definition) is 3. The average Bonchev–Trinajstić information content (AvgIpc) is 2.73. The van der Waals surface area contributed by atoms with E-state index in [9.17, 15) is 5.11 Å². The second-order valence-corrected chi connectivity index (χ2v) is 4.47. The lowest BCUT2D eigenvalue weighted by molar-refractivity contribution is 0.199. The van der Waals surface area contributed by atoms with Crippen LogP contribution < -0.4 is 4.74 Å². The molecule has 2 aromatic rings. The maximum absolute atomic E-state index is 9.50. The summed E-state index contributed by atoms with van der Waals surface area (Å²) in [6.45, 7) is 4.18. The fraction of sp³-hybridized carbons (Fsp3) is 0.357. The molecule has 18 heavy (non-hydrogen) atoms. The number of hydrogen-bond donors (Lipinski definition) is 1. The van der Waals surface area contributed by atoms with Gasteiger partial charge in [-0.2, -0.15) is 5.10 Å². The Bertz CT molecular complexity index is 532. The lowest BCUT2D eigenvalue weighted by atomic mass is 10.1. The summed E-state index contributed by atoms with van der Waals surface area (Å²) in [5.41, 5.74) is 2.82. The van der Waals surface area contributed by atoms with Gasteiger partial charge in [0.05, 0.1) is 11.8 Å². The SMILES string of the molecule is Cc1cc([C@@H](C)O)ccc1OCc1ccn(C)n1. The molecule has 0 saturated carbocycles. The van der Waals surface area contributed by atoms with Crippen molar-refractivity contribution in [2.24, 2.45) is 7.05 Å². The number of benzene rings is 1. The zero-order chi connectivity index (χ0) is 13.1. The highest BCUT2D eigenvalue weighted by Gasteiger charge is 2.06. The van der Waals surface area contributed by atoms with Crippen LogP contribution >= 0.6 is 0 Å². The normalized spacial score (nSPS) is 12.4. The lowest BCUT2D eigenvalue weighted by Gasteiger charge is -2.11.